The highest BCUT2D eigenvalue weighted by atomic mass is 19.4. The Morgan fingerprint density at radius 3 is 2.26 bits per heavy atom. The molecule has 2 aromatic heterocycles. The summed E-state index contributed by atoms with van der Waals surface area (Å²) >= 11 is 0. The zero-order chi connectivity index (χ0) is 24.7. The van der Waals surface area contributed by atoms with Gasteiger partial charge in [-0.2, -0.15) is 13.2 Å². The molecular weight excluding hydrogens is 458 g/mol. The molecule has 4 N–H and O–H groups in total. The van der Waals surface area contributed by atoms with E-state index < -0.39 is 29.4 Å². The molecule has 4 fully saturated rings. The fraction of sp³-hybridized carbons (Fsp3) is 0.500. The monoisotopic (exact) mass is 481 g/mol. The number of pyridine rings is 1. The van der Waals surface area contributed by atoms with Crippen LogP contribution in [0.25, 0.3) is 0 Å². The standard InChI is InChI=1S/C16H20FN3O.C6H3F3N2O2/c17-12-1-2-13(19-8-12)14(21)20-16-6-10-3-11(7-16)5-15(18,4-10)9-16;7-6(8,9)4-2-10-1-3(11-4)5(12)13/h1-2,8,10-11H,3-7,9,18H2,(H,20,21);1-2H,(H,12,13). The molecule has 2 atom stereocenters. The summed E-state index contributed by atoms with van der Waals surface area (Å²) in [5.74, 6) is -0.906. The lowest BCUT2D eigenvalue weighted by atomic mass is 9.50. The quantitative estimate of drug-likeness (QED) is 0.574. The molecule has 182 valence electrons. The van der Waals surface area contributed by atoms with Crippen LogP contribution in [-0.2, 0) is 6.18 Å². The Morgan fingerprint density at radius 2 is 1.74 bits per heavy atom. The highest BCUT2D eigenvalue weighted by molar-refractivity contribution is 5.92. The van der Waals surface area contributed by atoms with Crippen molar-refractivity contribution in [3.63, 3.8) is 0 Å². The number of nitrogens with zero attached hydrogens (tertiary/aromatic N) is 3. The summed E-state index contributed by atoms with van der Waals surface area (Å²) in [7, 11) is 0. The van der Waals surface area contributed by atoms with Crippen molar-refractivity contribution in [2.75, 3.05) is 0 Å². The molecule has 0 radical (unpaired) electrons. The van der Waals surface area contributed by atoms with Gasteiger partial charge in [-0.1, -0.05) is 0 Å². The zero-order valence-corrected chi connectivity index (χ0v) is 18.0. The summed E-state index contributed by atoms with van der Waals surface area (Å²) in [5.41, 5.74) is 4.48. The third kappa shape index (κ3) is 5.16. The summed E-state index contributed by atoms with van der Waals surface area (Å²) in [6.45, 7) is 0. The van der Waals surface area contributed by atoms with Crippen LogP contribution < -0.4 is 11.1 Å². The number of carboxylic acid groups (broad SMARTS) is 1. The molecule has 2 unspecified atom stereocenters. The summed E-state index contributed by atoms with van der Waals surface area (Å²) in [5, 5.41) is 11.5. The maximum absolute atomic E-state index is 12.9. The van der Waals surface area contributed by atoms with Crippen molar-refractivity contribution in [1.29, 1.82) is 0 Å². The van der Waals surface area contributed by atoms with Gasteiger partial charge in [0.05, 0.1) is 18.6 Å². The highest BCUT2D eigenvalue weighted by Gasteiger charge is 2.56. The smallest absolute Gasteiger partial charge is 0.434 e. The molecule has 4 saturated carbocycles. The van der Waals surface area contributed by atoms with Gasteiger partial charge in [0.1, 0.15) is 11.5 Å². The van der Waals surface area contributed by atoms with E-state index in [4.69, 9.17) is 10.8 Å². The van der Waals surface area contributed by atoms with E-state index in [1.807, 2.05) is 0 Å². The Balaban J connectivity index is 0.000000182. The van der Waals surface area contributed by atoms with Crippen molar-refractivity contribution in [2.45, 2.75) is 55.8 Å². The van der Waals surface area contributed by atoms with E-state index in [0.29, 0.717) is 18.0 Å². The van der Waals surface area contributed by atoms with Crippen molar-refractivity contribution in [3.8, 4) is 0 Å². The first-order chi connectivity index (χ1) is 15.9. The summed E-state index contributed by atoms with van der Waals surface area (Å²) in [6, 6.07) is 2.70. The van der Waals surface area contributed by atoms with Crippen LogP contribution >= 0.6 is 0 Å². The number of alkyl halides is 3. The van der Waals surface area contributed by atoms with Gasteiger partial charge in [-0.3, -0.25) is 9.78 Å². The second-order valence-corrected chi connectivity index (χ2v) is 9.51. The number of carboxylic acids is 1. The third-order valence-corrected chi connectivity index (χ3v) is 6.59. The number of aromatic nitrogens is 3. The van der Waals surface area contributed by atoms with Crippen LogP contribution in [0.2, 0.25) is 0 Å². The summed E-state index contributed by atoms with van der Waals surface area (Å²) in [4.78, 5) is 32.5. The molecule has 0 aliphatic heterocycles. The first-order valence-electron chi connectivity index (χ1n) is 10.7. The Labute approximate surface area is 192 Å². The van der Waals surface area contributed by atoms with Crippen molar-refractivity contribution in [2.24, 2.45) is 17.6 Å². The van der Waals surface area contributed by atoms with Crippen LogP contribution in [0.4, 0.5) is 17.6 Å². The van der Waals surface area contributed by atoms with E-state index in [1.165, 1.54) is 18.6 Å². The van der Waals surface area contributed by atoms with E-state index in [-0.39, 0.29) is 22.7 Å². The molecular formula is C22H23F4N5O3. The molecule has 0 spiro atoms. The highest BCUT2D eigenvalue weighted by Crippen LogP contribution is 2.56. The van der Waals surface area contributed by atoms with Crippen molar-refractivity contribution >= 4 is 11.9 Å². The number of nitrogens with one attached hydrogen (secondary N) is 1. The first-order valence-corrected chi connectivity index (χ1v) is 10.7. The molecule has 34 heavy (non-hydrogen) atoms. The maximum atomic E-state index is 12.9. The predicted octanol–water partition coefficient (Wildman–Crippen LogP) is 3.19. The second-order valence-electron chi connectivity index (χ2n) is 9.51. The topological polar surface area (TPSA) is 131 Å². The summed E-state index contributed by atoms with van der Waals surface area (Å²) in [6.07, 6.45) is 3.98. The molecule has 4 bridgehead atoms. The number of aromatic carboxylic acids is 1. The molecule has 0 saturated heterocycles. The number of amides is 1. The number of carbonyl (C=O) groups excluding carboxylic acids is 1. The van der Waals surface area contributed by atoms with Gasteiger partial charge in [-0.25, -0.2) is 19.2 Å². The largest absolute Gasteiger partial charge is 0.476 e. The Kier molecular flexibility index (Phi) is 6.05. The molecule has 4 aliphatic rings. The van der Waals surface area contributed by atoms with Gasteiger partial charge >= 0.3 is 12.1 Å². The van der Waals surface area contributed by atoms with Crippen LogP contribution in [0.15, 0.2) is 30.7 Å². The Hall–Kier alpha value is -3.15. The fourth-order valence-corrected chi connectivity index (χ4v) is 5.90. The lowest BCUT2D eigenvalue weighted by Crippen LogP contribution is -2.68. The van der Waals surface area contributed by atoms with Crippen LogP contribution in [0.5, 0.6) is 0 Å². The van der Waals surface area contributed by atoms with Crippen LogP contribution in [0.1, 0.15) is 65.2 Å². The molecule has 6 rings (SSSR count). The number of carbonyl (C=O) groups is 2. The van der Waals surface area contributed by atoms with E-state index in [0.717, 1.165) is 44.5 Å². The molecule has 2 aromatic rings. The normalized spacial score (nSPS) is 29.2. The number of nitrogens with two attached hydrogens (primary N) is 1. The van der Waals surface area contributed by atoms with Gasteiger partial charge < -0.3 is 16.2 Å². The lowest BCUT2D eigenvalue weighted by molar-refractivity contribution is -0.141. The molecule has 8 nitrogen and oxygen atoms in total. The van der Waals surface area contributed by atoms with Gasteiger partial charge in [0.25, 0.3) is 5.91 Å². The number of hydrogen-bond donors (Lipinski definition) is 3. The van der Waals surface area contributed by atoms with Gasteiger partial charge in [0, 0.05) is 11.1 Å². The van der Waals surface area contributed by atoms with E-state index in [9.17, 15) is 27.2 Å². The minimum Gasteiger partial charge on any atom is -0.476 e. The van der Waals surface area contributed by atoms with E-state index in [2.05, 4.69) is 20.3 Å². The average molecular weight is 481 g/mol. The number of hydrogen-bond acceptors (Lipinski definition) is 6. The van der Waals surface area contributed by atoms with E-state index in [1.54, 1.807) is 0 Å². The van der Waals surface area contributed by atoms with Gasteiger partial charge in [-0.15, -0.1) is 0 Å². The SMILES string of the molecule is NC12CC3CC(C1)CC(NC(=O)c1ccc(F)cn1)(C3)C2.O=C(O)c1cncc(C(F)(F)F)n1. The van der Waals surface area contributed by atoms with Crippen LogP contribution in [0.3, 0.4) is 0 Å². The fourth-order valence-electron chi connectivity index (χ4n) is 5.90. The first kappa shape index (κ1) is 24.0. The lowest BCUT2D eigenvalue weighted by Gasteiger charge is -2.61. The van der Waals surface area contributed by atoms with E-state index >= 15 is 0 Å². The number of halogens is 4. The van der Waals surface area contributed by atoms with Crippen molar-refractivity contribution < 1.29 is 32.3 Å². The van der Waals surface area contributed by atoms with Crippen molar-refractivity contribution in [1.82, 2.24) is 20.3 Å². The predicted molar refractivity (Wildman–Crippen MR) is 110 cm³/mol. The Morgan fingerprint density at radius 1 is 1.06 bits per heavy atom. The van der Waals surface area contributed by atoms with Crippen molar-refractivity contribution in [3.05, 3.63) is 53.6 Å². The Bertz CT molecular complexity index is 1080. The van der Waals surface area contributed by atoms with Gasteiger partial charge in [0.15, 0.2) is 11.4 Å². The minimum atomic E-state index is -4.67. The van der Waals surface area contributed by atoms with Crippen LogP contribution in [0, 0.1) is 17.7 Å². The van der Waals surface area contributed by atoms with Crippen LogP contribution in [-0.4, -0.2) is 43.0 Å². The molecule has 0 aromatic carbocycles. The second kappa shape index (κ2) is 8.57. The van der Waals surface area contributed by atoms with Gasteiger partial charge in [-0.05, 0) is 62.5 Å². The van der Waals surface area contributed by atoms with Gasteiger partial charge in [0.2, 0.25) is 0 Å². The average Bonchev–Trinajstić information content (AvgIpc) is 2.72. The number of rotatable bonds is 3. The summed E-state index contributed by atoms with van der Waals surface area (Å²) < 4.78 is 48.7. The molecule has 4 aliphatic carbocycles. The molecule has 1 amide bonds. The molecule has 2 heterocycles. The molecule has 12 heteroatoms. The maximum Gasteiger partial charge on any atom is 0.434 e. The third-order valence-electron chi connectivity index (χ3n) is 6.59. The minimum absolute atomic E-state index is 0.104. The zero-order valence-electron chi connectivity index (χ0n) is 18.0.